The number of fused-ring (bicyclic) bond motifs is 6. The average molecular weight is 398 g/mol. The van der Waals surface area contributed by atoms with Crippen molar-refractivity contribution < 1.29 is 18.7 Å². The first-order valence-corrected chi connectivity index (χ1v) is 10.2. The van der Waals surface area contributed by atoms with Crippen molar-refractivity contribution >= 4 is 17.9 Å². The van der Waals surface area contributed by atoms with Crippen molar-refractivity contribution in [3.63, 3.8) is 0 Å². The van der Waals surface area contributed by atoms with Crippen molar-refractivity contribution in [3.05, 3.63) is 81.5 Å². The van der Waals surface area contributed by atoms with Gasteiger partial charge in [0.1, 0.15) is 5.82 Å². The molecule has 0 bridgehead atoms. The minimum atomic E-state index is -0.204. The van der Waals surface area contributed by atoms with E-state index >= 15 is 0 Å². The van der Waals surface area contributed by atoms with Gasteiger partial charge in [-0.25, -0.2) is 4.39 Å². The summed E-state index contributed by atoms with van der Waals surface area (Å²) < 4.78 is 24.4. The number of hydrogen-bond donors (Lipinski definition) is 0. The molecule has 0 amide bonds. The summed E-state index contributed by atoms with van der Waals surface area (Å²) in [6, 6.07) is 14.7. The van der Waals surface area contributed by atoms with Crippen LogP contribution in [0.5, 0.6) is 11.5 Å². The van der Waals surface area contributed by atoms with Crippen LogP contribution in [0, 0.1) is 11.7 Å². The van der Waals surface area contributed by atoms with Crippen molar-refractivity contribution in [1.29, 1.82) is 0 Å². The smallest absolute Gasteiger partial charge is 0.231 e. The third kappa shape index (κ3) is 2.67. The number of ketones is 1. The molecule has 0 fully saturated rings. The molecule has 0 radical (unpaired) electrons. The number of carbonyl (C=O) groups is 1. The van der Waals surface area contributed by atoms with Crippen LogP contribution < -0.4 is 19.9 Å². The summed E-state index contributed by atoms with van der Waals surface area (Å²) in [4.78, 5) is 13.2. The molecule has 0 saturated heterocycles. The summed E-state index contributed by atoms with van der Waals surface area (Å²) >= 11 is 0. The predicted molar refractivity (Wildman–Crippen MR) is 112 cm³/mol. The zero-order valence-corrected chi connectivity index (χ0v) is 16.3. The molecule has 0 saturated carbocycles. The SMILES string of the molecule is O=C(c1ccc2c(c1)OCO2)C1C=c2c(ccc3c2=CCc2cc(F)ccc2-3)CC1. The van der Waals surface area contributed by atoms with Crippen LogP contribution in [-0.2, 0) is 12.8 Å². The molecule has 4 heteroatoms. The van der Waals surface area contributed by atoms with Crippen molar-refractivity contribution in [1.82, 2.24) is 0 Å². The Kier molecular flexibility index (Phi) is 3.82. The van der Waals surface area contributed by atoms with Gasteiger partial charge in [0.2, 0.25) is 6.79 Å². The van der Waals surface area contributed by atoms with E-state index in [1.54, 1.807) is 18.2 Å². The zero-order valence-electron chi connectivity index (χ0n) is 16.3. The quantitative estimate of drug-likeness (QED) is 0.617. The molecule has 148 valence electrons. The monoisotopic (exact) mass is 398 g/mol. The average Bonchev–Trinajstić information content (AvgIpc) is 3.25. The van der Waals surface area contributed by atoms with Gasteiger partial charge in [-0.1, -0.05) is 30.4 Å². The van der Waals surface area contributed by atoms with Gasteiger partial charge in [-0.05, 0) is 82.3 Å². The number of Topliss-reactive ketones (excluding diaryl/α,β-unsaturated/α-hetero) is 1. The molecule has 1 aliphatic heterocycles. The second-order valence-electron chi connectivity index (χ2n) is 8.05. The number of hydrogen-bond acceptors (Lipinski definition) is 3. The van der Waals surface area contributed by atoms with Gasteiger partial charge >= 0.3 is 0 Å². The molecule has 0 spiro atoms. The van der Waals surface area contributed by atoms with Crippen molar-refractivity contribution in [2.24, 2.45) is 5.92 Å². The highest BCUT2D eigenvalue weighted by atomic mass is 19.1. The lowest BCUT2D eigenvalue weighted by atomic mass is 9.82. The largest absolute Gasteiger partial charge is 0.454 e. The van der Waals surface area contributed by atoms with E-state index < -0.39 is 0 Å². The van der Waals surface area contributed by atoms with Gasteiger partial charge in [0.25, 0.3) is 0 Å². The Bertz CT molecular complexity index is 1340. The first-order chi connectivity index (χ1) is 14.7. The molecule has 6 rings (SSSR count). The highest BCUT2D eigenvalue weighted by Gasteiger charge is 2.25. The summed E-state index contributed by atoms with van der Waals surface area (Å²) in [6.45, 7) is 0.198. The number of halogens is 1. The Morgan fingerprint density at radius 1 is 0.900 bits per heavy atom. The van der Waals surface area contributed by atoms with E-state index in [4.69, 9.17) is 9.47 Å². The molecule has 0 N–H and O–H groups in total. The van der Waals surface area contributed by atoms with Crippen LogP contribution in [0.15, 0.2) is 48.5 Å². The molecular formula is C26H19FO3. The van der Waals surface area contributed by atoms with Gasteiger partial charge in [0.15, 0.2) is 17.3 Å². The van der Waals surface area contributed by atoms with Crippen LogP contribution in [0.4, 0.5) is 4.39 Å². The summed E-state index contributed by atoms with van der Waals surface area (Å²) in [6.07, 6.45) is 6.64. The third-order valence-corrected chi connectivity index (χ3v) is 6.35. The van der Waals surface area contributed by atoms with Crippen LogP contribution in [0.2, 0.25) is 0 Å². The predicted octanol–water partition coefficient (Wildman–Crippen LogP) is 3.78. The second-order valence-corrected chi connectivity index (χ2v) is 8.05. The Morgan fingerprint density at radius 3 is 2.70 bits per heavy atom. The van der Waals surface area contributed by atoms with Crippen molar-refractivity contribution in [2.45, 2.75) is 19.3 Å². The lowest BCUT2D eigenvalue weighted by molar-refractivity contribution is 0.0946. The van der Waals surface area contributed by atoms with E-state index in [9.17, 15) is 9.18 Å². The number of carbonyl (C=O) groups excluding carboxylic acids is 1. The Morgan fingerprint density at radius 2 is 1.77 bits per heavy atom. The van der Waals surface area contributed by atoms with E-state index in [0.29, 0.717) is 23.5 Å². The third-order valence-electron chi connectivity index (χ3n) is 6.35. The van der Waals surface area contributed by atoms with E-state index in [1.807, 2.05) is 12.1 Å². The second kappa shape index (κ2) is 6.56. The lowest BCUT2D eigenvalue weighted by Gasteiger charge is -2.21. The molecule has 0 aromatic heterocycles. The molecule has 3 aromatic rings. The number of benzene rings is 3. The molecule has 30 heavy (non-hydrogen) atoms. The van der Waals surface area contributed by atoms with Gasteiger partial charge < -0.3 is 9.47 Å². The lowest BCUT2D eigenvalue weighted by Crippen LogP contribution is -2.37. The molecule has 3 aliphatic rings. The number of aryl methyl sites for hydroxylation is 1. The molecular weight excluding hydrogens is 379 g/mol. The summed E-state index contributed by atoms with van der Waals surface area (Å²) in [5.74, 6) is 1.04. The van der Waals surface area contributed by atoms with Crippen molar-refractivity contribution in [2.75, 3.05) is 6.79 Å². The molecule has 3 nitrogen and oxygen atoms in total. The highest BCUT2D eigenvalue weighted by molar-refractivity contribution is 6.01. The van der Waals surface area contributed by atoms with Gasteiger partial charge in [-0.15, -0.1) is 0 Å². The van der Waals surface area contributed by atoms with Crippen LogP contribution >= 0.6 is 0 Å². The van der Waals surface area contributed by atoms with Gasteiger partial charge in [0.05, 0.1) is 0 Å². The Labute approximate surface area is 173 Å². The van der Waals surface area contributed by atoms with Gasteiger partial charge in [-0.2, -0.15) is 0 Å². The van der Waals surface area contributed by atoms with E-state index in [-0.39, 0.29) is 24.3 Å². The molecule has 1 heterocycles. The fraction of sp³-hybridized carbons (Fsp3) is 0.192. The summed E-state index contributed by atoms with van der Waals surface area (Å²) in [5, 5.41) is 2.31. The molecule has 1 unspecified atom stereocenters. The van der Waals surface area contributed by atoms with Gasteiger partial charge in [0, 0.05) is 11.5 Å². The van der Waals surface area contributed by atoms with E-state index in [2.05, 4.69) is 24.3 Å². The number of rotatable bonds is 2. The standard InChI is InChI=1S/C26H19FO3/c27-19-6-9-20-16(11-19)4-8-22-21(20)7-3-15-1-2-17(12-23(15)22)26(28)18-5-10-24-25(13-18)30-14-29-24/h3,5-13,17H,1-2,4,14H2. The first-order valence-electron chi connectivity index (χ1n) is 10.2. The van der Waals surface area contributed by atoms with Crippen molar-refractivity contribution in [3.8, 4) is 22.6 Å². The Hall–Kier alpha value is -3.40. The van der Waals surface area contributed by atoms with E-state index in [0.717, 1.165) is 40.0 Å². The maximum absolute atomic E-state index is 13.7. The minimum absolute atomic E-state index is 0.106. The topological polar surface area (TPSA) is 35.5 Å². The molecule has 1 atom stereocenters. The fourth-order valence-corrected chi connectivity index (χ4v) is 4.82. The minimum Gasteiger partial charge on any atom is -0.454 e. The van der Waals surface area contributed by atoms with Crippen LogP contribution in [0.1, 0.15) is 27.9 Å². The van der Waals surface area contributed by atoms with E-state index in [1.165, 1.54) is 11.6 Å². The highest BCUT2D eigenvalue weighted by Crippen LogP contribution is 2.34. The van der Waals surface area contributed by atoms with Gasteiger partial charge in [-0.3, -0.25) is 4.79 Å². The maximum Gasteiger partial charge on any atom is 0.231 e. The molecule has 2 aliphatic carbocycles. The maximum atomic E-state index is 13.7. The van der Waals surface area contributed by atoms with Crippen LogP contribution in [0.3, 0.4) is 0 Å². The zero-order chi connectivity index (χ0) is 20.2. The normalized spacial score (nSPS) is 17.8. The van der Waals surface area contributed by atoms with Crippen LogP contribution in [0.25, 0.3) is 23.3 Å². The number of ether oxygens (including phenoxy) is 2. The summed E-state index contributed by atoms with van der Waals surface area (Å²) in [5.41, 5.74) is 5.12. The Balaban J connectivity index is 1.44. The van der Waals surface area contributed by atoms with Crippen LogP contribution in [-0.4, -0.2) is 12.6 Å². The molecule has 3 aromatic carbocycles. The summed E-state index contributed by atoms with van der Waals surface area (Å²) in [7, 11) is 0. The first kappa shape index (κ1) is 17.5. The fourth-order valence-electron chi connectivity index (χ4n) is 4.82.